The van der Waals surface area contributed by atoms with Crippen LogP contribution in [0.1, 0.15) is 41.6 Å². The monoisotopic (exact) mass is 469 g/mol. The molecule has 10 heteroatoms. The second kappa shape index (κ2) is 8.15. The molecule has 2 aromatic carbocycles. The van der Waals surface area contributed by atoms with Crippen molar-refractivity contribution in [1.29, 1.82) is 0 Å². The van der Waals surface area contributed by atoms with Gasteiger partial charge in [-0.15, -0.1) is 5.10 Å². The lowest BCUT2D eigenvalue weighted by Gasteiger charge is -2.12. The molecule has 1 fully saturated rings. The fourth-order valence-corrected chi connectivity index (χ4v) is 4.63. The molecule has 1 aliphatic carbocycles. The van der Waals surface area contributed by atoms with Gasteiger partial charge in [0.2, 0.25) is 5.78 Å². The van der Waals surface area contributed by atoms with E-state index in [1.54, 1.807) is 6.07 Å². The summed E-state index contributed by atoms with van der Waals surface area (Å²) < 4.78 is 17.9. The van der Waals surface area contributed by atoms with Crippen molar-refractivity contribution in [2.24, 2.45) is 7.05 Å². The number of hydrogen-bond acceptors (Lipinski definition) is 4. The number of carbonyl (C=O) groups is 1. The van der Waals surface area contributed by atoms with Crippen molar-refractivity contribution in [3.63, 3.8) is 0 Å². The average Bonchev–Trinajstić information content (AvgIpc) is 3.42. The van der Waals surface area contributed by atoms with Gasteiger partial charge in [0.05, 0.1) is 17.4 Å². The van der Waals surface area contributed by atoms with Gasteiger partial charge >= 0.3 is 5.69 Å². The molecule has 5 rings (SSSR count). The number of carbonyl (C=O) groups excluding carboxylic acids is 1. The average molecular weight is 470 g/mol. The quantitative estimate of drug-likeness (QED) is 0.497. The largest absolute Gasteiger partial charge is 0.352 e. The van der Waals surface area contributed by atoms with Crippen LogP contribution in [0.5, 0.6) is 0 Å². The van der Waals surface area contributed by atoms with Crippen molar-refractivity contribution < 1.29 is 9.18 Å². The number of benzene rings is 2. The highest BCUT2D eigenvalue weighted by molar-refractivity contribution is 6.31. The number of fused-ring (bicyclic) bond motifs is 3. The first kappa shape index (κ1) is 21.4. The van der Waals surface area contributed by atoms with E-state index < -0.39 is 11.5 Å². The molecule has 2 heterocycles. The van der Waals surface area contributed by atoms with Crippen LogP contribution in [0.4, 0.5) is 4.39 Å². The number of rotatable bonds is 4. The van der Waals surface area contributed by atoms with Gasteiger partial charge in [0, 0.05) is 29.2 Å². The summed E-state index contributed by atoms with van der Waals surface area (Å²) in [6.45, 7) is -0.205. The third-order valence-corrected chi connectivity index (χ3v) is 6.57. The Morgan fingerprint density at radius 1 is 1.21 bits per heavy atom. The van der Waals surface area contributed by atoms with Gasteiger partial charge in [0.25, 0.3) is 11.5 Å². The van der Waals surface area contributed by atoms with Gasteiger partial charge in [-0.3, -0.25) is 14.2 Å². The van der Waals surface area contributed by atoms with Crippen LogP contribution in [0, 0.1) is 5.82 Å². The van der Waals surface area contributed by atoms with Crippen LogP contribution in [0.2, 0.25) is 5.02 Å². The van der Waals surface area contributed by atoms with Crippen LogP contribution in [0.25, 0.3) is 16.7 Å². The van der Waals surface area contributed by atoms with Gasteiger partial charge < -0.3 is 5.32 Å². The molecule has 0 spiro atoms. The summed E-state index contributed by atoms with van der Waals surface area (Å²) in [4.78, 5) is 39.0. The zero-order chi connectivity index (χ0) is 23.3. The topological polar surface area (TPSA) is 90.4 Å². The zero-order valence-corrected chi connectivity index (χ0v) is 18.6. The van der Waals surface area contributed by atoms with Gasteiger partial charge in [-0.1, -0.05) is 30.5 Å². The Hall–Kier alpha value is -3.46. The lowest BCUT2D eigenvalue weighted by Crippen LogP contribution is -2.32. The van der Waals surface area contributed by atoms with Gasteiger partial charge in [0.1, 0.15) is 5.82 Å². The molecule has 0 radical (unpaired) electrons. The van der Waals surface area contributed by atoms with Gasteiger partial charge in [0.15, 0.2) is 0 Å². The Morgan fingerprint density at radius 3 is 2.70 bits per heavy atom. The van der Waals surface area contributed by atoms with Crippen LogP contribution >= 0.6 is 11.6 Å². The first-order valence-corrected chi connectivity index (χ1v) is 11.1. The molecule has 0 atom stereocenters. The summed E-state index contributed by atoms with van der Waals surface area (Å²) in [5, 5.41) is 7.72. The summed E-state index contributed by atoms with van der Waals surface area (Å²) in [5.41, 5.74) is -0.195. The van der Waals surface area contributed by atoms with Crippen molar-refractivity contribution in [3.05, 3.63) is 79.2 Å². The van der Waals surface area contributed by atoms with Gasteiger partial charge in [-0.05, 0) is 43.2 Å². The van der Waals surface area contributed by atoms with Crippen molar-refractivity contribution in [3.8, 4) is 0 Å². The number of hydrogen-bond donors (Lipinski definition) is 1. The van der Waals surface area contributed by atoms with E-state index in [9.17, 15) is 18.8 Å². The van der Waals surface area contributed by atoms with Crippen LogP contribution < -0.4 is 16.6 Å². The number of nitrogens with zero attached hydrogens (tertiary/aromatic N) is 4. The minimum absolute atomic E-state index is 0.0818. The van der Waals surface area contributed by atoms with E-state index >= 15 is 0 Å². The van der Waals surface area contributed by atoms with Crippen molar-refractivity contribution >= 4 is 34.2 Å². The van der Waals surface area contributed by atoms with Crippen LogP contribution in [-0.2, 0) is 13.6 Å². The molecule has 0 unspecified atom stereocenters. The van der Waals surface area contributed by atoms with E-state index in [1.807, 2.05) is 0 Å². The number of amides is 1. The molecule has 4 aromatic rings. The molecule has 1 N–H and O–H groups in total. The number of aromatic nitrogens is 4. The molecule has 0 bridgehead atoms. The zero-order valence-electron chi connectivity index (χ0n) is 17.8. The summed E-state index contributed by atoms with van der Waals surface area (Å²) in [7, 11) is 1.50. The highest BCUT2D eigenvalue weighted by atomic mass is 35.5. The highest BCUT2D eigenvalue weighted by Crippen LogP contribution is 2.21. The van der Waals surface area contributed by atoms with E-state index in [4.69, 9.17) is 11.6 Å². The van der Waals surface area contributed by atoms with Crippen LogP contribution in [0.15, 0.2) is 46.0 Å². The lowest BCUT2D eigenvalue weighted by atomic mass is 10.1. The molecule has 0 aliphatic heterocycles. The van der Waals surface area contributed by atoms with E-state index in [0.717, 1.165) is 30.4 Å². The maximum Gasteiger partial charge on any atom is 0.352 e. The number of nitrogens with one attached hydrogen (secondary N) is 1. The van der Waals surface area contributed by atoms with E-state index in [-0.39, 0.29) is 51.3 Å². The molecule has 1 aliphatic rings. The fourth-order valence-electron chi connectivity index (χ4n) is 4.41. The normalized spacial score (nSPS) is 14.4. The van der Waals surface area contributed by atoms with Gasteiger partial charge in [-0.25, -0.2) is 18.3 Å². The summed E-state index contributed by atoms with van der Waals surface area (Å²) in [5.74, 6) is -0.731. The Morgan fingerprint density at radius 2 is 1.97 bits per heavy atom. The Bertz CT molecular complexity index is 1510. The van der Waals surface area contributed by atoms with Crippen LogP contribution in [0.3, 0.4) is 0 Å². The van der Waals surface area contributed by atoms with Crippen molar-refractivity contribution in [2.75, 3.05) is 0 Å². The number of halogens is 2. The van der Waals surface area contributed by atoms with Crippen molar-refractivity contribution in [1.82, 2.24) is 24.1 Å². The highest BCUT2D eigenvalue weighted by Gasteiger charge is 2.21. The Kier molecular flexibility index (Phi) is 5.28. The minimum Gasteiger partial charge on any atom is -0.349 e. The summed E-state index contributed by atoms with van der Waals surface area (Å²) >= 11 is 6.12. The SMILES string of the molecule is Cn1c(=O)c2ccc(C(=O)NC3CCCC3)cc2n2c(=O)n(Cc3c(F)cccc3Cl)nc12. The molecule has 0 saturated heterocycles. The second-order valence-corrected chi connectivity index (χ2v) is 8.73. The Labute approximate surface area is 192 Å². The van der Waals surface area contributed by atoms with E-state index in [1.165, 1.54) is 46.3 Å². The van der Waals surface area contributed by atoms with E-state index in [0.29, 0.717) is 5.56 Å². The third kappa shape index (κ3) is 3.62. The fraction of sp³-hybridized carbons (Fsp3) is 0.304. The molecule has 1 saturated carbocycles. The lowest BCUT2D eigenvalue weighted by molar-refractivity contribution is 0.0938. The molecular weight excluding hydrogens is 449 g/mol. The first-order valence-electron chi connectivity index (χ1n) is 10.7. The maximum absolute atomic E-state index is 14.3. The molecule has 170 valence electrons. The first-order chi connectivity index (χ1) is 15.8. The minimum atomic E-state index is -0.571. The molecule has 2 aromatic heterocycles. The number of aryl methyl sites for hydroxylation is 1. The second-order valence-electron chi connectivity index (χ2n) is 8.33. The van der Waals surface area contributed by atoms with Gasteiger partial charge in [-0.2, -0.15) is 0 Å². The molecule has 8 nitrogen and oxygen atoms in total. The Balaban J connectivity index is 1.66. The maximum atomic E-state index is 14.3. The molecular formula is C23H21ClFN5O3. The summed E-state index contributed by atoms with van der Waals surface area (Å²) in [6.07, 6.45) is 4.05. The molecule has 1 amide bonds. The van der Waals surface area contributed by atoms with Crippen LogP contribution in [-0.4, -0.2) is 30.7 Å². The third-order valence-electron chi connectivity index (χ3n) is 6.22. The van der Waals surface area contributed by atoms with E-state index in [2.05, 4.69) is 10.4 Å². The predicted molar refractivity (Wildman–Crippen MR) is 122 cm³/mol. The smallest absolute Gasteiger partial charge is 0.349 e. The summed E-state index contributed by atoms with van der Waals surface area (Å²) in [6, 6.07) is 9.03. The standard InChI is InChI=1S/C23H21ClFN5O3/c1-28-21(32)15-10-9-13(20(31)26-14-5-2-3-6-14)11-19(15)30-22(28)27-29(23(30)33)12-16-17(24)7-4-8-18(16)25/h4,7-11,14H,2-3,5-6,12H2,1H3,(H,26,31). The molecule has 33 heavy (non-hydrogen) atoms. The predicted octanol–water partition coefficient (Wildman–Crippen LogP) is 2.86. The van der Waals surface area contributed by atoms with Crippen molar-refractivity contribution in [2.45, 2.75) is 38.3 Å².